The number of hydrogen-bond donors (Lipinski definition) is 2. The SMILES string of the molecule is Cc1cc(F)cc(C(=O)Nc2ccc(CN)cc2)c1. The summed E-state index contributed by atoms with van der Waals surface area (Å²) in [6.07, 6.45) is 0. The highest BCUT2D eigenvalue weighted by atomic mass is 19.1. The molecule has 0 aromatic heterocycles. The van der Waals surface area contributed by atoms with Gasteiger partial charge >= 0.3 is 0 Å². The Morgan fingerprint density at radius 3 is 2.47 bits per heavy atom. The molecular formula is C15H15FN2O. The van der Waals surface area contributed by atoms with Crippen LogP contribution in [0.1, 0.15) is 21.5 Å². The van der Waals surface area contributed by atoms with Crippen molar-refractivity contribution in [3.63, 3.8) is 0 Å². The maximum atomic E-state index is 13.2. The van der Waals surface area contributed by atoms with Gasteiger partial charge < -0.3 is 11.1 Å². The van der Waals surface area contributed by atoms with Gasteiger partial charge in [-0.25, -0.2) is 4.39 Å². The lowest BCUT2D eigenvalue weighted by Crippen LogP contribution is -2.12. The van der Waals surface area contributed by atoms with E-state index in [1.165, 1.54) is 12.1 Å². The molecule has 4 heteroatoms. The number of hydrogen-bond acceptors (Lipinski definition) is 2. The molecule has 19 heavy (non-hydrogen) atoms. The third-order valence-electron chi connectivity index (χ3n) is 2.75. The lowest BCUT2D eigenvalue weighted by Gasteiger charge is -2.07. The molecule has 1 amide bonds. The molecule has 0 heterocycles. The van der Waals surface area contributed by atoms with Crippen molar-refractivity contribution in [2.75, 3.05) is 5.32 Å². The molecule has 0 radical (unpaired) electrons. The molecule has 0 atom stereocenters. The lowest BCUT2D eigenvalue weighted by atomic mass is 10.1. The van der Waals surface area contributed by atoms with E-state index in [4.69, 9.17) is 5.73 Å². The van der Waals surface area contributed by atoms with Gasteiger partial charge in [0.25, 0.3) is 5.91 Å². The number of aryl methyl sites for hydroxylation is 1. The van der Waals surface area contributed by atoms with E-state index in [2.05, 4.69) is 5.32 Å². The number of nitrogens with two attached hydrogens (primary N) is 1. The first-order valence-electron chi connectivity index (χ1n) is 5.96. The van der Waals surface area contributed by atoms with E-state index in [0.29, 0.717) is 23.4 Å². The maximum absolute atomic E-state index is 13.2. The number of amides is 1. The van der Waals surface area contributed by atoms with Gasteiger partial charge in [0, 0.05) is 17.8 Å². The summed E-state index contributed by atoms with van der Waals surface area (Å²) in [6.45, 7) is 2.20. The quantitative estimate of drug-likeness (QED) is 0.889. The molecule has 98 valence electrons. The zero-order chi connectivity index (χ0) is 13.8. The predicted molar refractivity (Wildman–Crippen MR) is 73.4 cm³/mol. The molecule has 2 rings (SSSR count). The fourth-order valence-corrected chi connectivity index (χ4v) is 1.79. The molecule has 2 aromatic carbocycles. The van der Waals surface area contributed by atoms with Crippen LogP contribution in [0.3, 0.4) is 0 Å². The number of nitrogens with one attached hydrogen (secondary N) is 1. The van der Waals surface area contributed by atoms with E-state index in [9.17, 15) is 9.18 Å². The Morgan fingerprint density at radius 1 is 1.21 bits per heavy atom. The van der Waals surface area contributed by atoms with Crippen LogP contribution in [0.15, 0.2) is 42.5 Å². The monoisotopic (exact) mass is 258 g/mol. The third-order valence-corrected chi connectivity index (χ3v) is 2.75. The number of carbonyl (C=O) groups excluding carboxylic acids is 1. The van der Waals surface area contributed by atoms with Crippen LogP contribution in [0.25, 0.3) is 0 Å². The van der Waals surface area contributed by atoms with Crippen LogP contribution in [0.2, 0.25) is 0 Å². The van der Waals surface area contributed by atoms with E-state index in [0.717, 1.165) is 5.56 Å². The standard InChI is InChI=1S/C15H15FN2O/c1-10-6-12(8-13(16)7-10)15(19)18-14-4-2-11(9-17)3-5-14/h2-8H,9,17H2,1H3,(H,18,19). The van der Waals surface area contributed by atoms with Crippen molar-refractivity contribution >= 4 is 11.6 Å². The number of anilines is 1. The van der Waals surface area contributed by atoms with E-state index in [1.54, 1.807) is 25.1 Å². The van der Waals surface area contributed by atoms with Crippen LogP contribution < -0.4 is 11.1 Å². The molecule has 0 saturated heterocycles. The zero-order valence-electron chi connectivity index (χ0n) is 10.6. The Labute approximate surface area is 111 Å². The Hall–Kier alpha value is -2.20. The van der Waals surface area contributed by atoms with Crippen LogP contribution in [-0.4, -0.2) is 5.91 Å². The smallest absolute Gasteiger partial charge is 0.255 e. The zero-order valence-corrected chi connectivity index (χ0v) is 10.6. The second-order valence-electron chi connectivity index (χ2n) is 4.37. The van der Waals surface area contributed by atoms with E-state index in [-0.39, 0.29) is 5.91 Å². The maximum Gasteiger partial charge on any atom is 0.255 e. The molecule has 0 saturated carbocycles. The minimum atomic E-state index is -0.413. The highest BCUT2D eigenvalue weighted by Crippen LogP contribution is 2.13. The summed E-state index contributed by atoms with van der Waals surface area (Å²) in [7, 11) is 0. The van der Waals surface area contributed by atoms with Crippen molar-refractivity contribution in [1.82, 2.24) is 0 Å². The molecule has 0 unspecified atom stereocenters. The summed E-state index contributed by atoms with van der Waals surface area (Å²) >= 11 is 0. The summed E-state index contributed by atoms with van der Waals surface area (Å²) in [6, 6.07) is 11.5. The fraction of sp³-hybridized carbons (Fsp3) is 0.133. The number of halogens is 1. The van der Waals surface area contributed by atoms with Crippen molar-refractivity contribution in [1.29, 1.82) is 0 Å². The van der Waals surface area contributed by atoms with E-state index >= 15 is 0 Å². The molecule has 3 nitrogen and oxygen atoms in total. The molecule has 0 spiro atoms. The van der Waals surface area contributed by atoms with Gasteiger partial charge in [0.05, 0.1) is 0 Å². The van der Waals surface area contributed by atoms with Crippen molar-refractivity contribution in [2.24, 2.45) is 5.73 Å². The number of benzene rings is 2. The summed E-state index contributed by atoms with van der Waals surface area (Å²) in [5, 5.41) is 2.72. The average molecular weight is 258 g/mol. The minimum absolute atomic E-state index is 0.306. The number of carbonyl (C=O) groups is 1. The van der Waals surface area contributed by atoms with Gasteiger partial charge in [0.15, 0.2) is 0 Å². The first kappa shape index (κ1) is 13.2. The predicted octanol–water partition coefficient (Wildman–Crippen LogP) is 2.85. The van der Waals surface area contributed by atoms with Crippen molar-refractivity contribution < 1.29 is 9.18 Å². The van der Waals surface area contributed by atoms with Crippen LogP contribution in [0.5, 0.6) is 0 Å². The Morgan fingerprint density at radius 2 is 1.89 bits per heavy atom. The topological polar surface area (TPSA) is 55.1 Å². The highest BCUT2D eigenvalue weighted by molar-refractivity contribution is 6.04. The molecule has 0 fully saturated rings. The largest absolute Gasteiger partial charge is 0.326 e. The lowest BCUT2D eigenvalue weighted by molar-refractivity contribution is 0.102. The third kappa shape index (κ3) is 3.39. The van der Waals surface area contributed by atoms with Crippen molar-refractivity contribution in [2.45, 2.75) is 13.5 Å². The average Bonchev–Trinajstić information content (AvgIpc) is 2.38. The minimum Gasteiger partial charge on any atom is -0.326 e. The molecule has 0 aliphatic carbocycles. The molecular weight excluding hydrogens is 243 g/mol. The first-order chi connectivity index (χ1) is 9.08. The van der Waals surface area contributed by atoms with Gasteiger partial charge in [0.2, 0.25) is 0 Å². The first-order valence-corrected chi connectivity index (χ1v) is 5.96. The second kappa shape index (κ2) is 5.63. The molecule has 0 aliphatic heterocycles. The van der Waals surface area contributed by atoms with Crippen molar-refractivity contribution in [3.05, 3.63) is 65.0 Å². The van der Waals surface area contributed by atoms with Gasteiger partial charge in [-0.2, -0.15) is 0 Å². The Balaban J connectivity index is 2.15. The Kier molecular flexibility index (Phi) is 3.92. The van der Waals surface area contributed by atoms with Crippen LogP contribution in [0.4, 0.5) is 10.1 Å². The van der Waals surface area contributed by atoms with E-state index in [1.807, 2.05) is 12.1 Å². The number of rotatable bonds is 3. The molecule has 3 N–H and O–H groups in total. The van der Waals surface area contributed by atoms with E-state index < -0.39 is 5.82 Å². The van der Waals surface area contributed by atoms with Crippen LogP contribution >= 0.6 is 0 Å². The van der Waals surface area contributed by atoms with Crippen molar-refractivity contribution in [3.8, 4) is 0 Å². The van der Waals surface area contributed by atoms with Gasteiger partial charge in [-0.15, -0.1) is 0 Å². The van der Waals surface area contributed by atoms with Gasteiger partial charge in [-0.1, -0.05) is 12.1 Å². The normalized spacial score (nSPS) is 10.3. The molecule has 0 bridgehead atoms. The van der Waals surface area contributed by atoms with Gasteiger partial charge in [-0.05, 0) is 48.4 Å². The Bertz CT molecular complexity index is 573. The molecule has 0 aliphatic rings. The molecule has 2 aromatic rings. The summed E-state index contributed by atoms with van der Waals surface area (Å²) in [5.74, 6) is -0.744. The summed E-state index contributed by atoms with van der Waals surface area (Å²) in [4.78, 5) is 12.0. The highest BCUT2D eigenvalue weighted by Gasteiger charge is 2.08. The summed E-state index contributed by atoms with van der Waals surface area (Å²) < 4.78 is 13.2. The van der Waals surface area contributed by atoms with Crippen LogP contribution in [-0.2, 0) is 6.54 Å². The van der Waals surface area contributed by atoms with Crippen LogP contribution in [0, 0.1) is 12.7 Å². The van der Waals surface area contributed by atoms with Gasteiger partial charge in [0.1, 0.15) is 5.82 Å². The fourth-order valence-electron chi connectivity index (χ4n) is 1.79. The summed E-state index contributed by atoms with van der Waals surface area (Å²) in [5.41, 5.74) is 8.16. The second-order valence-corrected chi connectivity index (χ2v) is 4.37. The van der Waals surface area contributed by atoms with Gasteiger partial charge in [-0.3, -0.25) is 4.79 Å².